The molecular weight excluding hydrogens is 212 g/mol. The van der Waals surface area contributed by atoms with Gasteiger partial charge in [0, 0.05) is 11.2 Å². The summed E-state index contributed by atoms with van der Waals surface area (Å²) in [5.74, 6) is -0.245. The minimum Gasteiger partial charge on any atom is -0.398 e. The van der Waals surface area contributed by atoms with E-state index in [0.29, 0.717) is 16.3 Å². The molecule has 3 N–H and O–H groups in total. The van der Waals surface area contributed by atoms with Crippen LogP contribution in [0.1, 0.15) is 31.1 Å². The lowest BCUT2D eigenvalue weighted by atomic mass is 10.1. The lowest BCUT2D eigenvalue weighted by Crippen LogP contribution is -2.40. The summed E-state index contributed by atoms with van der Waals surface area (Å²) in [5.41, 5.74) is 6.13. The molecule has 3 nitrogen and oxygen atoms in total. The van der Waals surface area contributed by atoms with Crippen molar-refractivity contribution in [2.45, 2.75) is 26.3 Å². The summed E-state index contributed by atoms with van der Waals surface area (Å²) in [6.07, 6.45) is 0. The minimum absolute atomic E-state index is 0.245. The smallest absolute Gasteiger partial charge is 0.255 e. The number of nitrogens with one attached hydrogen (secondary N) is 1. The summed E-state index contributed by atoms with van der Waals surface area (Å²) in [6, 6.07) is 5.02. The molecule has 0 atom stereocenters. The van der Waals surface area contributed by atoms with Crippen LogP contribution in [0.5, 0.6) is 0 Å². The van der Waals surface area contributed by atoms with Gasteiger partial charge in [0.15, 0.2) is 0 Å². The van der Waals surface area contributed by atoms with Crippen LogP contribution in [-0.4, -0.2) is 11.4 Å². The SMILES string of the molecule is CC(C)(C)NC(=O)c1c(N)cccc1Cl. The van der Waals surface area contributed by atoms with Gasteiger partial charge in [-0.1, -0.05) is 17.7 Å². The van der Waals surface area contributed by atoms with Crippen molar-refractivity contribution in [1.82, 2.24) is 5.32 Å². The van der Waals surface area contributed by atoms with Gasteiger partial charge in [0.2, 0.25) is 0 Å². The van der Waals surface area contributed by atoms with E-state index in [2.05, 4.69) is 5.32 Å². The second-order valence-electron chi connectivity index (χ2n) is 4.41. The first-order valence-electron chi connectivity index (χ1n) is 4.68. The van der Waals surface area contributed by atoms with Crippen molar-refractivity contribution >= 4 is 23.2 Å². The molecule has 0 saturated carbocycles. The number of carbonyl (C=O) groups is 1. The van der Waals surface area contributed by atoms with Gasteiger partial charge in [-0.05, 0) is 32.9 Å². The van der Waals surface area contributed by atoms with Crippen LogP contribution >= 0.6 is 11.6 Å². The van der Waals surface area contributed by atoms with Gasteiger partial charge in [-0.2, -0.15) is 0 Å². The molecule has 82 valence electrons. The van der Waals surface area contributed by atoms with E-state index in [4.69, 9.17) is 17.3 Å². The summed E-state index contributed by atoms with van der Waals surface area (Å²) in [4.78, 5) is 11.8. The van der Waals surface area contributed by atoms with E-state index in [0.717, 1.165) is 0 Å². The van der Waals surface area contributed by atoms with Gasteiger partial charge in [-0.15, -0.1) is 0 Å². The molecule has 0 aromatic heterocycles. The predicted molar refractivity (Wildman–Crippen MR) is 63.1 cm³/mol. The van der Waals surface area contributed by atoms with Gasteiger partial charge in [0.25, 0.3) is 5.91 Å². The molecular formula is C11H15ClN2O. The average molecular weight is 227 g/mol. The highest BCUT2D eigenvalue weighted by Gasteiger charge is 2.19. The number of amides is 1. The van der Waals surface area contributed by atoms with Crippen molar-refractivity contribution in [3.8, 4) is 0 Å². The molecule has 15 heavy (non-hydrogen) atoms. The second-order valence-corrected chi connectivity index (χ2v) is 4.82. The molecule has 0 heterocycles. The molecule has 0 aliphatic rings. The summed E-state index contributed by atoms with van der Waals surface area (Å²) in [5, 5.41) is 3.19. The summed E-state index contributed by atoms with van der Waals surface area (Å²) in [6.45, 7) is 5.70. The highest BCUT2D eigenvalue weighted by atomic mass is 35.5. The third kappa shape index (κ3) is 3.13. The maximum atomic E-state index is 11.8. The van der Waals surface area contributed by atoms with Gasteiger partial charge in [-0.25, -0.2) is 0 Å². The van der Waals surface area contributed by atoms with Crippen LogP contribution in [0.2, 0.25) is 5.02 Å². The number of nitrogens with two attached hydrogens (primary N) is 1. The average Bonchev–Trinajstić information content (AvgIpc) is 1.99. The number of halogens is 1. The molecule has 0 radical (unpaired) electrons. The number of carbonyl (C=O) groups excluding carboxylic acids is 1. The first kappa shape index (κ1) is 11.9. The van der Waals surface area contributed by atoms with Crippen LogP contribution < -0.4 is 11.1 Å². The van der Waals surface area contributed by atoms with Crippen LogP contribution in [0, 0.1) is 0 Å². The molecule has 0 aliphatic heterocycles. The highest BCUT2D eigenvalue weighted by molar-refractivity contribution is 6.34. The fourth-order valence-corrected chi connectivity index (χ4v) is 1.45. The van der Waals surface area contributed by atoms with E-state index in [-0.39, 0.29) is 11.4 Å². The van der Waals surface area contributed by atoms with E-state index in [1.165, 1.54) is 0 Å². The normalized spacial score (nSPS) is 11.2. The first-order valence-corrected chi connectivity index (χ1v) is 5.05. The van der Waals surface area contributed by atoms with Crippen molar-refractivity contribution in [3.05, 3.63) is 28.8 Å². The summed E-state index contributed by atoms with van der Waals surface area (Å²) in [7, 11) is 0. The topological polar surface area (TPSA) is 55.1 Å². The van der Waals surface area contributed by atoms with Crippen molar-refractivity contribution in [2.75, 3.05) is 5.73 Å². The monoisotopic (exact) mass is 226 g/mol. The Kier molecular flexibility index (Phi) is 3.25. The minimum atomic E-state index is -0.303. The third-order valence-corrected chi connectivity index (χ3v) is 2.08. The number of hydrogen-bond acceptors (Lipinski definition) is 2. The first-order chi connectivity index (χ1) is 6.81. The largest absolute Gasteiger partial charge is 0.398 e. The van der Waals surface area contributed by atoms with Gasteiger partial charge < -0.3 is 11.1 Å². The van der Waals surface area contributed by atoms with Crippen molar-refractivity contribution < 1.29 is 4.79 Å². The lowest BCUT2D eigenvalue weighted by molar-refractivity contribution is 0.0920. The second kappa shape index (κ2) is 4.11. The number of nitrogen functional groups attached to an aromatic ring is 1. The molecule has 1 aromatic carbocycles. The molecule has 1 amide bonds. The van der Waals surface area contributed by atoms with E-state index >= 15 is 0 Å². The lowest BCUT2D eigenvalue weighted by Gasteiger charge is -2.21. The summed E-state index contributed by atoms with van der Waals surface area (Å²) < 4.78 is 0. The van der Waals surface area contributed by atoms with Gasteiger partial charge in [0.05, 0.1) is 10.6 Å². The van der Waals surface area contributed by atoms with Crippen LogP contribution in [0.25, 0.3) is 0 Å². The number of hydrogen-bond donors (Lipinski definition) is 2. The quantitative estimate of drug-likeness (QED) is 0.723. The zero-order chi connectivity index (χ0) is 11.6. The Morgan fingerprint density at radius 1 is 1.40 bits per heavy atom. The predicted octanol–water partition coefficient (Wildman–Crippen LogP) is 2.45. The molecule has 0 bridgehead atoms. The maximum absolute atomic E-state index is 11.8. The van der Waals surface area contributed by atoms with Crippen LogP contribution in [0.15, 0.2) is 18.2 Å². The fraction of sp³-hybridized carbons (Fsp3) is 0.364. The van der Waals surface area contributed by atoms with Crippen LogP contribution in [0.3, 0.4) is 0 Å². The molecule has 1 aromatic rings. The zero-order valence-electron chi connectivity index (χ0n) is 9.10. The molecule has 1 rings (SSSR count). The van der Waals surface area contributed by atoms with Gasteiger partial charge in [-0.3, -0.25) is 4.79 Å². The Balaban J connectivity index is 3.02. The van der Waals surface area contributed by atoms with Crippen molar-refractivity contribution in [3.63, 3.8) is 0 Å². The maximum Gasteiger partial charge on any atom is 0.255 e. The molecule has 0 spiro atoms. The van der Waals surface area contributed by atoms with Crippen molar-refractivity contribution in [1.29, 1.82) is 0 Å². The Morgan fingerprint density at radius 3 is 2.47 bits per heavy atom. The van der Waals surface area contributed by atoms with Gasteiger partial charge >= 0.3 is 0 Å². The fourth-order valence-electron chi connectivity index (χ4n) is 1.18. The van der Waals surface area contributed by atoms with E-state index in [9.17, 15) is 4.79 Å². The number of anilines is 1. The summed E-state index contributed by atoms with van der Waals surface area (Å²) >= 11 is 5.91. The van der Waals surface area contributed by atoms with Crippen molar-refractivity contribution in [2.24, 2.45) is 0 Å². The number of rotatable bonds is 1. The Bertz CT molecular complexity index is 362. The molecule has 4 heteroatoms. The van der Waals surface area contributed by atoms with E-state index in [1.54, 1.807) is 18.2 Å². The highest BCUT2D eigenvalue weighted by Crippen LogP contribution is 2.22. The molecule has 0 saturated heterocycles. The third-order valence-electron chi connectivity index (χ3n) is 1.76. The Labute approximate surface area is 94.6 Å². The molecule has 0 aliphatic carbocycles. The molecule has 0 unspecified atom stereocenters. The molecule has 0 fully saturated rings. The van der Waals surface area contributed by atoms with Crippen LogP contribution in [-0.2, 0) is 0 Å². The Hall–Kier alpha value is -1.22. The van der Waals surface area contributed by atoms with Crippen LogP contribution in [0.4, 0.5) is 5.69 Å². The van der Waals surface area contributed by atoms with Gasteiger partial charge in [0.1, 0.15) is 0 Å². The standard InChI is InChI=1S/C11H15ClN2O/c1-11(2,3)14-10(15)9-7(12)5-4-6-8(9)13/h4-6H,13H2,1-3H3,(H,14,15). The zero-order valence-corrected chi connectivity index (χ0v) is 9.85. The Morgan fingerprint density at radius 2 is 2.00 bits per heavy atom. The van der Waals surface area contributed by atoms with E-state index < -0.39 is 0 Å². The number of benzene rings is 1. The van der Waals surface area contributed by atoms with E-state index in [1.807, 2.05) is 20.8 Å².